The Labute approximate surface area is 183 Å². The summed E-state index contributed by atoms with van der Waals surface area (Å²) in [4.78, 5) is 14.6. The molecule has 0 bridgehead atoms. The van der Waals surface area contributed by atoms with E-state index in [0.29, 0.717) is 25.6 Å². The lowest BCUT2D eigenvalue weighted by molar-refractivity contribution is 0.0785. The van der Waals surface area contributed by atoms with Gasteiger partial charge in [0.2, 0.25) is 10.0 Å². The zero-order valence-electron chi connectivity index (χ0n) is 17.5. The van der Waals surface area contributed by atoms with Gasteiger partial charge in [-0.3, -0.25) is 4.79 Å². The number of piperidine rings is 1. The van der Waals surface area contributed by atoms with E-state index in [4.69, 9.17) is 16.3 Å². The Kier molecular flexibility index (Phi) is 7.06. The lowest BCUT2D eigenvalue weighted by Crippen LogP contribution is -2.38. The summed E-state index contributed by atoms with van der Waals surface area (Å²) < 4.78 is 32.7. The highest BCUT2D eigenvalue weighted by atomic mass is 35.5. The van der Waals surface area contributed by atoms with Crippen LogP contribution in [-0.2, 0) is 16.6 Å². The standard InChI is InChI=1S/C22H27ClN2O4S/c1-16-10-12-25(13-11-16)30(27,28)19-8-9-21(23)20(14-19)22(26)24(2)15-17-4-6-18(29-3)7-5-17/h4-9,14,16H,10-13,15H2,1-3H3. The average molecular weight is 451 g/mol. The normalized spacial score (nSPS) is 15.7. The first-order chi connectivity index (χ1) is 14.2. The molecule has 30 heavy (non-hydrogen) atoms. The molecule has 1 saturated heterocycles. The monoisotopic (exact) mass is 450 g/mol. The van der Waals surface area contributed by atoms with E-state index in [1.54, 1.807) is 14.2 Å². The number of halogens is 1. The van der Waals surface area contributed by atoms with Crippen LogP contribution in [-0.4, -0.2) is 50.8 Å². The summed E-state index contributed by atoms with van der Waals surface area (Å²) in [6.07, 6.45) is 1.67. The summed E-state index contributed by atoms with van der Waals surface area (Å²) in [5.74, 6) is 0.923. The average Bonchev–Trinajstić information content (AvgIpc) is 2.74. The van der Waals surface area contributed by atoms with E-state index in [0.717, 1.165) is 24.2 Å². The molecule has 0 atom stereocenters. The highest BCUT2D eigenvalue weighted by Crippen LogP contribution is 2.27. The maximum absolute atomic E-state index is 13.0. The van der Waals surface area contributed by atoms with Crippen LogP contribution < -0.4 is 4.74 Å². The van der Waals surface area contributed by atoms with Gasteiger partial charge in [-0.15, -0.1) is 0 Å². The molecular formula is C22H27ClN2O4S. The van der Waals surface area contributed by atoms with Crippen molar-refractivity contribution in [3.63, 3.8) is 0 Å². The van der Waals surface area contributed by atoms with Gasteiger partial charge in [-0.25, -0.2) is 8.42 Å². The molecule has 1 heterocycles. The molecule has 2 aromatic rings. The molecule has 1 aliphatic heterocycles. The Morgan fingerprint density at radius 2 is 1.80 bits per heavy atom. The number of carbonyl (C=O) groups is 1. The predicted molar refractivity (Wildman–Crippen MR) is 117 cm³/mol. The molecule has 0 spiro atoms. The van der Waals surface area contributed by atoms with E-state index in [-0.39, 0.29) is 21.4 Å². The number of amides is 1. The second-order valence-electron chi connectivity index (χ2n) is 7.74. The third-order valence-electron chi connectivity index (χ3n) is 5.47. The third kappa shape index (κ3) is 4.96. The summed E-state index contributed by atoms with van der Waals surface area (Å²) >= 11 is 6.26. The lowest BCUT2D eigenvalue weighted by atomic mass is 10.0. The number of rotatable bonds is 6. The van der Waals surface area contributed by atoms with E-state index < -0.39 is 10.0 Å². The molecule has 0 aromatic heterocycles. The Bertz CT molecular complexity index is 1000. The van der Waals surface area contributed by atoms with Gasteiger partial charge in [-0.2, -0.15) is 4.31 Å². The SMILES string of the molecule is COc1ccc(CN(C)C(=O)c2cc(S(=O)(=O)N3CCC(C)CC3)ccc2Cl)cc1. The van der Waals surface area contributed by atoms with Crippen molar-refractivity contribution >= 4 is 27.5 Å². The number of hydrogen-bond acceptors (Lipinski definition) is 4. The van der Waals surface area contributed by atoms with Gasteiger partial charge in [0.1, 0.15) is 5.75 Å². The van der Waals surface area contributed by atoms with Crippen molar-refractivity contribution in [2.24, 2.45) is 5.92 Å². The number of hydrogen-bond donors (Lipinski definition) is 0. The number of carbonyl (C=O) groups excluding carboxylic acids is 1. The van der Waals surface area contributed by atoms with Crippen LogP contribution in [0.25, 0.3) is 0 Å². The van der Waals surface area contributed by atoms with Gasteiger partial charge in [0.25, 0.3) is 5.91 Å². The Morgan fingerprint density at radius 3 is 2.40 bits per heavy atom. The number of sulfonamides is 1. The van der Waals surface area contributed by atoms with Gasteiger partial charge in [0, 0.05) is 26.7 Å². The number of benzene rings is 2. The number of nitrogens with zero attached hydrogens (tertiary/aromatic N) is 2. The van der Waals surface area contributed by atoms with Crippen LogP contribution in [0.5, 0.6) is 5.75 Å². The van der Waals surface area contributed by atoms with Crippen molar-refractivity contribution in [2.75, 3.05) is 27.2 Å². The van der Waals surface area contributed by atoms with Crippen LogP contribution in [0.15, 0.2) is 47.4 Å². The molecule has 162 valence electrons. The van der Waals surface area contributed by atoms with Crippen molar-refractivity contribution < 1.29 is 17.9 Å². The van der Waals surface area contributed by atoms with E-state index in [2.05, 4.69) is 6.92 Å². The molecule has 0 aliphatic carbocycles. The van der Waals surface area contributed by atoms with Crippen molar-refractivity contribution in [1.82, 2.24) is 9.21 Å². The molecule has 1 fully saturated rings. The van der Waals surface area contributed by atoms with Gasteiger partial charge in [-0.05, 0) is 54.7 Å². The maximum atomic E-state index is 13.0. The van der Waals surface area contributed by atoms with Gasteiger partial charge < -0.3 is 9.64 Å². The topological polar surface area (TPSA) is 66.9 Å². The molecule has 1 aliphatic rings. The van der Waals surface area contributed by atoms with Crippen LogP contribution in [0.1, 0.15) is 35.7 Å². The zero-order chi connectivity index (χ0) is 21.9. The first-order valence-electron chi connectivity index (χ1n) is 9.90. The maximum Gasteiger partial charge on any atom is 0.255 e. The van der Waals surface area contributed by atoms with Crippen molar-refractivity contribution in [2.45, 2.75) is 31.2 Å². The summed E-state index contributed by atoms with van der Waals surface area (Å²) in [5.41, 5.74) is 1.10. The second-order valence-corrected chi connectivity index (χ2v) is 10.1. The fraction of sp³-hybridized carbons (Fsp3) is 0.409. The largest absolute Gasteiger partial charge is 0.497 e. The summed E-state index contributed by atoms with van der Waals surface area (Å²) in [6.45, 7) is 3.47. The lowest BCUT2D eigenvalue weighted by Gasteiger charge is -2.29. The molecule has 1 amide bonds. The Hall–Kier alpha value is -2.09. The van der Waals surface area contributed by atoms with E-state index in [9.17, 15) is 13.2 Å². The highest BCUT2D eigenvalue weighted by Gasteiger charge is 2.29. The quantitative estimate of drug-likeness (QED) is 0.666. The molecule has 3 rings (SSSR count). The van der Waals surface area contributed by atoms with Gasteiger partial charge in [0.05, 0.1) is 22.6 Å². The second kappa shape index (κ2) is 9.37. The van der Waals surface area contributed by atoms with Crippen LogP contribution in [0, 0.1) is 5.92 Å². The third-order valence-corrected chi connectivity index (χ3v) is 7.70. The smallest absolute Gasteiger partial charge is 0.255 e. The van der Waals surface area contributed by atoms with Crippen LogP contribution in [0.2, 0.25) is 5.02 Å². The number of ether oxygens (including phenoxy) is 1. The minimum atomic E-state index is -3.66. The highest BCUT2D eigenvalue weighted by molar-refractivity contribution is 7.89. The molecule has 0 N–H and O–H groups in total. The van der Waals surface area contributed by atoms with Crippen molar-refractivity contribution in [1.29, 1.82) is 0 Å². The van der Waals surface area contributed by atoms with Crippen LogP contribution >= 0.6 is 11.6 Å². The molecule has 0 unspecified atom stereocenters. The Balaban J connectivity index is 1.80. The first kappa shape index (κ1) is 22.6. The summed E-state index contributed by atoms with van der Waals surface area (Å²) in [5, 5.41) is 0.229. The van der Waals surface area contributed by atoms with E-state index >= 15 is 0 Å². The molecular weight excluding hydrogens is 424 g/mol. The molecule has 0 saturated carbocycles. The first-order valence-corrected chi connectivity index (χ1v) is 11.7. The fourth-order valence-corrected chi connectivity index (χ4v) is 5.18. The van der Waals surface area contributed by atoms with Crippen LogP contribution in [0.4, 0.5) is 0 Å². The number of methoxy groups -OCH3 is 1. The van der Waals surface area contributed by atoms with Gasteiger partial charge in [-0.1, -0.05) is 30.7 Å². The minimum absolute atomic E-state index is 0.0997. The molecule has 8 heteroatoms. The molecule has 6 nitrogen and oxygen atoms in total. The molecule has 0 radical (unpaired) electrons. The van der Waals surface area contributed by atoms with Gasteiger partial charge in [0.15, 0.2) is 0 Å². The van der Waals surface area contributed by atoms with E-state index in [1.165, 1.54) is 27.4 Å². The summed E-state index contributed by atoms with van der Waals surface area (Å²) in [6, 6.07) is 11.7. The van der Waals surface area contributed by atoms with E-state index in [1.807, 2.05) is 24.3 Å². The summed E-state index contributed by atoms with van der Waals surface area (Å²) in [7, 11) is -0.402. The fourth-order valence-electron chi connectivity index (χ4n) is 3.49. The minimum Gasteiger partial charge on any atom is -0.497 e. The Morgan fingerprint density at radius 1 is 1.17 bits per heavy atom. The van der Waals surface area contributed by atoms with Crippen molar-refractivity contribution in [3.05, 3.63) is 58.6 Å². The molecule has 2 aromatic carbocycles. The zero-order valence-corrected chi connectivity index (χ0v) is 19.0. The predicted octanol–water partition coefficient (Wildman–Crippen LogP) is 4.04. The van der Waals surface area contributed by atoms with Crippen LogP contribution in [0.3, 0.4) is 0 Å². The van der Waals surface area contributed by atoms with Gasteiger partial charge >= 0.3 is 0 Å². The van der Waals surface area contributed by atoms with Crippen molar-refractivity contribution in [3.8, 4) is 5.75 Å².